The lowest BCUT2D eigenvalue weighted by molar-refractivity contribution is 0.0697. The quantitative estimate of drug-likeness (QED) is 0.642. The molecule has 0 atom stereocenters. The van der Waals surface area contributed by atoms with Gasteiger partial charge in [0.2, 0.25) is 0 Å². The smallest absolute Gasteiger partial charge is 0.335 e. The van der Waals surface area contributed by atoms with Gasteiger partial charge in [-0.15, -0.1) is 0 Å². The van der Waals surface area contributed by atoms with Crippen molar-refractivity contribution in [1.82, 2.24) is 0 Å². The van der Waals surface area contributed by atoms with Gasteiger partial charge >= 0.3 is 5.97 Å². The molecule has 1 aliphatic rings. The fourth-order valence-electron chi connectivity index (χ4n) is 4.23. The van der Waals surface area contributed by atoms with Gasteiger partial charge < -0.3 is 9.84 Å². The number of rotatable bonds is 4. The zero-order valence-corrected chi connectivity index (χ0v) is 17.7. The molecule has 0 saturated heterocycles. The molecular weight excluding hydrogens is 348 g/mol. The lowest BCUT2D eigenvalue weighted by Crippen LogP contribution is -2.34. The fraction of sp³-hybridized carbons (Fsp3) is 0.400. The number of fused-ring (bicyclic) bond motifs is 1. The lowest BCUT2D eigenvalue weighted by atomic mass is 9.62. The standard InChI is InChI=1S/C25H30O3/c1-16-15-20-21(25(4,5)14-13-24(20,2)3)22(28-6)19(16)12-9-17-7-10-18(11-8-17)23(26)27/h7-12,15H,13-14H2,1-6H3,(H,26,27)/b12-9+. The Bertz CT molecular complexity index is 931. The van der Waals surface area contributed by atoms with Crippen LogP contribution in [0, 0.1) is 6.92 Å². The molecule has 1 N–H and O–H groups in total. The van der Waals surface area contributed by atoms with Gasteiger partial charge in [0.25, 0.3) is 0 Å². The highest BCUT2D eigenvalue weighted by atomic mass is 16.5. The molecule has 28 heavy (non-hydrogen) atoms. The van der Waals surface area contributed by atoms with Crippen LogP contribution in [0.4, 0.5) is 0 Å². The van der Waals surface area contributed by atoms with Crippen molar-refractivity contribution in [1.29, 1.82) is 0 Å². The molecule has 1 aliphatic carbocycles. The second kappa shape index (κ2) is 7.12. The van der Waals surface area contributed by atoms with E-state index in [1.54, 1.807) is 19.2 Å². The van der Waals surface area contributed by atoms with Gasteiger partial charge in [-0.3, -0.25) is 0 Å². The van der Waals surface area contributed by atoms with Crippen LogP contribution in [0.15, 0.2) is 30.3 Å². The Morgan fingerprint density at radius 3 is 2.21 bits per heavy atom. The van der Waals surface area contributed by atoms with Crippen LogP contribution in [-0.2, 0) is 10.8 Å². The number of ether oxygens (including phenoxy) is 1. The summed E-state index contributed by atoms with van der Waals surface area (Å²) in [6.07, 6.45) is 6.40. The molecule has 3 nitrogen and oxygen atoms in total. The normalized spacial score (nSPS) is 17.4. The maximum absolute atomic E-state index is 11.0. The van der Waals surface area contributed by atoms with Crippen molar-refractivity contribution < 1.29 is 14.6 Å². The highest BCUT2D eigenvalue weighted by Gasteiger charge is 2.40. The predicted octanol–water partition coefficient (Wildman–Crippen LogP) is 6.22. The van der Waals surface area contributed by atoms with Crippen molar-refractivity contribution in [3.8, 4) is 5.75 Å². The van der Waals surface area contributed by atoms with Crippen LogP contribution in [-0.4, -0.2) is 18.2 Å². The molecule has 2 aromatic carbocycles. The van der Waals surface area contributed by atoms with Gasteiger partial charge in [-0.25, -0.2) is 4.79 Å². The van der Waals surface area contributed by atoms with Crippen LogP contribution in [0.1, 0.15) is 78.7 Å². The summed E-state index contributed by atoms with van der Waals surface area (Å²) >= 11 is 0. The molecule has 0 aromatic heterocycles. The number of hydrogen-bond acceptors (Lipinski definition) is 2. The highest BCUT2D eigenvalue weighted by Crippen LogP contribution is 2.51. The third kappa shape index (κ3) is 3.58. The Morgan fingerprint density at radius 2 is 1.64 bits per heavy atom. The Morgan fingerprint density at radius 1 is 1.04 bits per heavy atom. The van der Waals surface area contributed by atoms with Gasteiger partial charge in [-0.2, -0.15) is 0 Å². The molecule has 3 heteroatoms. The molecule has 0 spiro atoms. The lowest BCUT2D eigenvalue weighted by Gasteiger charge is -2.43. The van der Waals surface area contributed by atoms with Crippen LogP contribution >= 0.6 is 0 Å². The van der Waals surface area contributed by atoms with Gasteiger partial charge in [0.15, 0.2) is 0 Å². The van der Waals surface area contributed by atoms with E-state index in [0.29, 0.717) is 5.56 Å². The average molecular weight is 379 g/mol. The molecule has 0 bridgehead atoms. The number of aromatic carboxylic acids is 1. The Hall–Kier alpha value is -2.55. The van der Waals surface area contributed by atoms with Crippen LogP contribution < -0.4 is 4.74 Å². The molecular formula is C25H30O3. The van der Waals surface area contributed by atoms with Gasteiger partial charge in [0, 0.05) is 11.1 Å². The first-order valence-electron chi connectivity index (χ1n) is 9.81. The molecule has 0 saturated carbocycles. The van der Waals surface area contributed by atoms with Crippen LogP contribution in [0.2, 0.25) is 0 Å². The van der Waals surface area contributed by atoms with E-state index in [1.807, 2.05) is 18.2 Å². The first-order chi connectivity index (χ1) is 13.1. The first kappa shape index (κ1) is 20.2. The maximum Gasteiger partial charge on any atom is 0.335 e. The number of carboxylic acids is 1. The summed E-state index contributed by atoms with van der Waals surface area (Å²) in [7, 11) is 1.76. The molecule has 0 unspecified atom stereocenters. The molecule has 0 aliphatic heterocycles. The molecule has 0 heterocycles. The van der Waals surface area contributed by atoms with Crippen molar-refractivity contribution in [2.75, 3.05) is 7.11 Å². The number of carboxylic acid groups (broad SMARTS) is 1. The number of benzene rings is 2. The van der Waals surface area contributed by atoms with Crippen molar-refractivity contribution in [2.24, 2.45) is 0 Å². The Balaban J connectivity index is 2.10. The second-order valence-electron chi connectivity index (χ2n) is 9.09. The van der Waals surface area contributed by atoms with Crippen molar-refractivity contribution in [3.63, 3.8) is 0 Å². The summed E-state index contributed by atoms with van der Waals surface area (Å²) in [5.74, 6) is 0.0544. The highest BCUT2D eigenvalue weighted by molar-refractivity contribution is 5.88. The van der Waals surface area contributed by atoms with E-state index in [4.69, 9.17) is 9.84 Å². The summed E-state index contributed by atoms with van der Waals surface area (Å²) < 4.78 is 5.96. The predicted molar refractivity (Wildman–Crippen MR) is 115 cm³/mol. The summed E-state index contributed by atoms with van der Waals surface area (Å²) in [5.41, 5.74) is 6.45. The molecule has 0 fully saturated rings. The van der Waals surface area contributed by atoms with E-state index in [0.717, 1.165) is 23.3 Å². The zero-order chi connectivity index (χ0) is 20.7. The number of carbonyl (C=O) groups is 1. The maximum atomic E-state index is 11.0. The summed E-state index contributed by atoms with van der Waals surface area (Å²) in [5, 5.41) is 9.06. The summed E-state index contributed by atoms with van der Waals surface area (Å²) in [6, 6.07) is 9.24. The monoisotopic (exact) mass is 378 g/mol. The second-order valence-corrected chi connectivity index (χ2v) is 9.09. The Labute approximate surface area is 168 Å². The van der Waals surface area contributed by atoms with E-state index >= 15 is 0 Å². The Kier molecular flexibility index (Phi) is 5.14. The van der Waals surface area contributed by atoms with Gasteiger partial charge in [0.1, 0.15) is 5.75 Å². The third-order valence-corrected chi connectivity index (χ3v) is 6.11. The average Bonchev–Trinajstić information content (AvgIpc) is 2.64. The van der Waals surface area contributed by atoms with Crippen molar-refractivity contribution in [2.45, 2.75) is 58.3 Å². The van der Waals surface area contributed by atoms with Crippen LogP contribution in [0.25, 0.3) is 12.2 Å². The molecule has 3 rings (SSSR count). The summed E-state index contributed by atoms with van der Waals surface area (Å²) in [6.45, 7) is 11.4. The summed E-state index contributed by atoms with van der Waals surface area (Å²) in [4.78, 5) is 11.0. The number of methoxy groups -OCH3 is 1. The van der Waals surface area contributed by atoms with Gasteiger partial charge in [-0.1, -0.05) is 58.0 Å². The van der Waals surface area contributed by atoms with E-state index < -0.39 is 5.97 Å². The minimum absolute atomic E-state index is 0.0651. The van der Waals surface area contributed by atoms with Gasteiger partial charge in [-0.05, 0) is 59.4 Å². The van der Waals surface area contributed by atoms with Gasteiger partial charge in [0.05, 0.1) is 12.7 Å². The topological polar surface area (TPSA) is 46.5 Å². The van der Waals surface area contributed by atoms with E-state index in [2.05, 4.69) is 46.8 Å². The molecule has 0 radical (unpaired) electrons. The SMILES string of the molecule is COc1c(/C=C/c2ccc(C(=O)O)cc2)c(C)cc2c1C(C)(C)CCC2(C)C. The van der Waals surface area contributed by atoms with E-state index in [-0.39, 0.29) is 10.8 Å². The molecule has 2 aromatic rings. The number of hydrogen-bond donors (Lipinski definition) is 1. The minimum Gasteiger partial charge on any atom is -0.496 e. The van der Waals surface area contributed by atoms with E-state index in [1.165, 1.54) is 23.1 Å². The first-order valence-corrected chi connectivity index (χ1v) is 9.81. The minimum atomic E-state index is -0.910. The largest absolute Gasteiger partial charge is 0.496 e. The number of aryl methyl sites for hydroxylation is 1. The van der Waals surface area contributed by atoms with E-state index in [9.17, 15) is 4.79 Å². The molecule has 148 valence electrons. The van der Waals surface area contributed by atoms with Crippen LogP contribution in [0.5, 0.6) is 5.75 Å². The van der Waals surface area contributed by atoms with Crippen molar-refractivity contribution >= 4 is 18.1 Å². The third-order valence-electron chi connectivity index (χ3n) is 6.11. The van der Waals surface area contributed by atoms with Crippen molar-refractivity contribution in [3.05, 3.63) is 63.7 Å². The van der Waals surface area contributed by atoms with Crippen LogP contribution in [0.3, 0.4) is 0 Å². The molecule has 0 amide bonds. The zero-order valence-electron chi connectivity index (χ0n) is 17.7. The fourth-order valence-corrected chi connectivity index (χ4v) is 4.23.